The van der Waals surface area contributed by atoms with Gasteiger partial charge in [-0.2, -0.15) is 0 Å². The molecule has 1 amide bonds. The molecule has 0 atom stereocenters. The first-order valence-corrected chi connectivity index (χ1v) is 9.52. The summed E-state index contributed by atoms with van der Waals surface area (Å²) in [6, 6.07) is 11.9. The Labute approximate surface area is 163 Å². The number of rotatable bonds is 4. The van der Waals surface area contributed by atoms with Crippen LogP contribution < -0.4 is 5.63 Å². The van der Waals surface area contributed by atoms with Crippen molar-refractivity contribution in [2.75, 3.05) is 6.54 Å². The minimum atomic E-state index is -0.556. The quantitative estimate of drug-likeness (QED) is 0.758. The molecular formula is C22H23N3O3. The molecule has 1 aromatic carbocycles. The second-order valence-corrected chi connectivity index (χ2v) is 7.27. The summed E-state index contributed by atoms with van der Waals surface area (Å²) in [6.07, 6.45) is 2.09. The average Bonchev–Trinajstić information content (AvgIpc) is 3.05. The van der Waals surface area contributed by atoms with E-state index in [9.17, 15) is 9.59 Å². The van der Waals surface area contributed by atoms with Gasteiger partial charge < -0.3 is 14.3 Å². The largest absolute Gasteiger partial charge is 0.427 e. The van der Waals surface area contributed by atoms with Crippen LogP contribution in [0.2, 0.25) is 0 Å². The lowest BCUT2D eigenvalue weighted by Crippen LogP contribution is -2.38. The third-order valence-electron chi connectivity index (χ3n) is 5.15. The number of H-pyrrole nitrogens is 1. The summed E-state index contributed by atoms with van der Waals surface area (Å²) >= 11 is 0. The summed E-state index contributed by atoms with van der Waals surface area (Å²) in [5, 5.41) is 0. The number of aromatic nitrogens is 2. The second-order valence-electron chi connectivity index (χ2n) is 7.27. The van der Waals surface area contributed by atoms with Crippen LogP contribution in [0.25, 0.3) is 0 Å². The van der Waals surface area contributed by atoms with Crippen molar-refractivity contribution in [2.45, 2.75) is 39.7 Å². The third-order valence-corrected chi connectivity index (χ3v) is 5.15. The van der Waals surface area contributed by atoms with Crippen LogP contribution in [0.15, 0.2) is 45.6 Å². The zero-order chi connectivity index (χ0) is 19.7. The molecular weight excluding hydrogens is 354 g/mol. The number of carbonyl (C=O) groups is 1. The Morgan fingerprint density at radius 2 is 2.00 bits per heavy atom. The first-order valence-electron chi connectivity index (χ1n) is 9.52. The second kappa shape index (κ2) is 7.46. The molecule has 0 aliphatic carbocycles. The first kappa shape index (κ1) is 18.2. The number of aromatic amines is 1. The Bertz CT molecular complexity index is 1070. The number of fused-ring (bicyclic) bond motifs is 1. The molecule has 2 aromatic heterocycles. The van der Waals surface area contributed by atoms with Crippen LogP contribution in [0.3, 0.4) is 0 Å². The van der Waals surface area contributed by atoms with E-state index in [-0.39, 0.29) is 11.5 Å². The molecule has 0 spiro atoms. The number of nitrogens with one attached hydrogen (secondary N) is 1. The fraction of sp³-hybridized carbons (Fsp3) is 0.318. The number of nitrogens with zero attached hydrogens (tertiary/aromatic N) is 2. The van der Waals surface area contributed by atoms with Crippen LogP contribution >= 0.6 is 0 Å². The lowest BCUT2D eigenvalue weighted by Gasteiger charge is -2.26. The molecule has 4 rings (SSSR count). The number of hydrogen-bond donors (Lipinski definition) is 1. The Balaban J connectivity index is 1.52. The molecule has 3 aromatic rings. The standard InChI is InChI=1S/C22H23N3O3/c1-14-12-17(9-8-16-6-4-3-5-7-16)28-22(27)20(14)21(26)25-11-10-18-19(13-25)24-15(2)23-18/h3-7,12H,8-11,13H2,1-2H3,(H,23,24). The van der Waals surface area contributed by atoms with Crippen molar-refractivity contribution in [3.05, 3.63) is 86.5 Å². The molecule has 3 heterocycles. The summed E-state index contributed by atoms with van der Waals surface area (Å²) in [4.78, 5) is 34.9. The van der Waals surface area contributed by atoms with Crippen molar-refractivity contribution in [2.24, 2.45) is 0 Å². The Kier molecular flexibility index (Phi) is 4.86. The normalized spacial score (nSPS) is 13.4. The van der Waals surface area contributed by atoms with Crippen LogP contribution in [0.1, 0.15) is 44.5 Å². The molecule has 0 saturated heterocycles. The van der Waals surface area contributed by atoms with E-state index in [4.69, 9.17) is 4.42 Å². The van der Waals surface area contributed by atoms with Crippen molar-refractivity contribution in [1.82, 2.24) is 14.9 Å². The molecule has 1 N–H and O–H groups in total. The Hall–Kier alpha value is -3.15. The number of amides is 1. The summed E-state index contributed by atoms with van der Waals surface area (Å²) in [6.45, 7) is 4.68. The molecule has 28 heavy (non-hydrogen) atoms. The van der Waals surface area contributed by atoms with E-state index in [1.54, 1.807) is 11.8 Å². The molecule has 0 saturated carbocycles. The van der Waals surface area contributed by atoms with E-state index >= 15 is 0 Å². The minimum Gasteiger partial charge on any atom is -0.427 e. The van der Waals surface area contributed by atoms with E-state index in [1.165, 1.54) is 5.56 Å². The summed E-state index contributed by atoms with van der Waals surface area (Å²) in [7, 11) is 0. The number of aryl methyl sites for hydroxylation is 4. The highest BCUT2D eigenvalue weighted by atomic mass is 16.4. The monoisotopic (exact) mass is 377 g/mol. The SMILES string of the molecule is Cc1nc2c([nH]1)CN(C(=O)c1c(C)cc(CCc3ccccc3)oc1=O)CC2. The molecule has 1 aliphatic rings. The summed E-state index contributed by atoms with van der Waals surface area (Å²) in [5.41, 5.74) is 3.36. The van der Waals surface area contributed by atoms with Gasteiger partial charge in [-0.25, -0.2) is 9.78 Å². The van der Waals surface area contributed by atoms with E-state index in [0.717, 1.165) is 23.6 Å². The van der Waals surface area contributed by atoms with Crippen LogP contribution in [-0.4, -0.2) is 27.3 Å². The maximum atomic E-state index is 13.0. The van der Waals surface area contributed by atoms with Gasteiger partial charge in [0.15, 0.2) is 0 Å². The highest BCUT2D eigenvalue weighted by Crippen LogP contribution is 2.19. The van der Waals surface area contributed by atoms with Crippen LogP contribution in [0.5, 0.6) is 0 Å². The predicted molar refractivity (Wildman–Crippen MR) is 105 cm³/mol. The molecule has 144 valence electrons. The molecule has 0 radical (unpaired) electrons. The molecule has 0 bridgehead atoms. The van der Waals surface area contributed by atoms with E-state index in [2.05, 4.69) is 9.97 Å². The number of carbonyl (C=O) groups excluding carboxylic acids is 1. The van der Waals surface area contributed by atoms with Crippen molar-refractivity contribution in [3.8, 4) is 0 Å². The van der Waals surface area contributed by atoms with Gasteiger partial charge in [0.25, 0.3) is 5.91 Å². The van der Waals surface area contributed by atoms with Gasteiger partial charge in [0, 0.05) is 19.4 Å². The average molecular weight is 377 g/mol. The van der Waals surface area contributed by atoms with Crippen LogP contribution in [-0.2, 0) is 25.8 Å². The van der Waals surface area contributed by atoms with Crippen molar-refractivity contribution >= 4 is 5.91 Å². The molecule has 6 nitrogen and oxygen atoms in total. The van der Waals surface area contributed by atoms with Gasteiger partial charge in [0.05, 0.1) is 17.9 Å². The van der Waals surface area contributed by atoms with E-state index in [0.29, 0.717) is 37.3 Å². The van der Waals surface area contributed by atoms with Gasteiger partial charge in [0.2, 0.25) is 0 Å². The fourth-order valence-corrected chi connectivity index (χ4v) is 3.73. The minimum absolute atomic E-state index is 0.128. The topological polar surface area (TPSA) is 79.2 Å². The lowest BCUT2D eigenvalue weighted by atomic mass is 10.0. The summed E-state index contributed by atoms with van der Waals surface area (Å²) < 4.78 is 5.47. The molecule has 0 unspecified atom stereocenters. The van der Waals surface area contributed by atoms with Crippen molar-refractivity contribution < 1.29 is 9.21 Å². The van der Waals surface area contributed by atoms with Crippen LogP contribution in [0.4, 0.5) is 0 Å². The van der Waals surface area contributed by atoms with Gasteiger partial charge >= 0.3 is 5.63 Å². The summed E-state index contributed by atoms with van der Waals surface area (Å²) in [5.74, 6) is 1.17. The molecule has 6 heteroatoms. The number of hydrogen-bond acceptors (Lipinski definition) is 4. The number of imidazole rings is 1. The third kappa shape index (κ3) is 3.63. The van der Waals surface area contributed by atoms with Gasteiger partial charge in [-0.05, 0) is 37.5 Å². The zero-order valence-corrected chi connectivity index (χ0v) is 16.1. The highest BCUT2D eigenvalue weighted by molar-refractivity contribution is 5.95. The van der Waals surface area contributed by atoms with Gasteiger partial charge in [-0.1, -0.05) is 30.3 Å². The predicted octanol–water partition coefficient (Wildman–Crippen LogP) is 2.96. The maximum Gasteiger partial charge on any atom is 0.349 e. The molecule has 1 aliphatic heterocycles. The van der Waals surface area contributed by atoms with Gasteiger partial charge in [-0.3, -0.25) is 4.79 Å². The lowest BCUT2D eigenvalue weighted by molar-refractivity contribution is 0.0726. The number of benzene rings is 1. The van der Waals surface area contributed by atoms with Crippen LogP contribution in [0, 0.1) is 13.8 Å². The zero-order valence-electron chi connectivity index (χ0n) is 16.1. The molecule has 0 fully saturated rings. The van der Waals surface area contributed by atoms with E-state index in [1.807, 2.05) is 43.3 Å². The van der Waals surface area contributed by atoms with Gasteiger partial charge in [0.1, 0.15) is 17.1 Å². The van der Waals surface area contributed by atoms with E-state index < -0.39 is 5.63 Å². The smallest absolute Gasteiger partial charge is 0.349 e. The van der Waals surface area contributed by atoms with Crippen molar-refractivity contribution in [3.63, 3.8) is 0 Å². The maximum absolute atomic E-state index is 13.0. The highest BCUT2D eigenvalue weighted by Gasteiger charge is 2.27. The fourth-order valence-electron chi connectivity index (χ4n) is 3.73. The Morgan fingerprint density at radius 1 is 1.21 bits per heavy atom. The first-order chi connectivity index (χ1) is 13.5. The van der Waals surface area contributed by atoms with Crippen molar-refractivity contribution in [1.29, 1.82) is 0 Å². The van der Waals surface area contributed by atoms with Gasteiger partial charge in [-0.15, -0.1) is 0 Å². The Morgan fingerprint density at radius 3 is 2.75 bits per heavy atom.